The van der Waals surface area contributed by atoms with E-state index in [9.17, 15) is 4.79 Å². The van der Waals surface area contributed by atoms with Crippen molar-refractivity contribution >= 4 is 11.5 Å². The highest BCUT2D eigenvalue weighted by atomic mass is 16.5. The minimum atomic E-state index is -0.313. The lowest BCUT2D eigenvalue weighted by Gasteiger charge is -2.00. The summed E-state index contributed by atoms with van der Waals surface area (Å²) in [5, 5.41) is 0. The standard InChI is InChI=1S/C16H17NO2/c1-3-5-6-10-15-14(16(18)19-4-2)12-13-9-7-8-11-17(13)15/h7-9,11-12H,3-5H2,1-2H3. The van der Waals surface area contributed by atoms with Gasteiger partial charge in [-0.1, -0.05) is 18.9 Å². The number of carbonyl (C=O) groups is 1. The van der Waals surface area contributed by atoms with E-state index in [-0.39, 0.29) is 5.97 Å². The van der Waals surface area contributed by atoms with Crippen LogP contribution in [0.15, 0.2) is 30.5 Å². The molecule has 2 rings (SSSR count). The maximum atomic E-state index is 12.0. The number of carbonyl (C=O) groups excluding carboxylic acids is 1. The van der Waals surface area contributed by atoms with Crippen LogP contribution in [0.5, 0.6) is 0 Å². The highest BCUT2D eigenvalue weighted by molar-refractivity contribution is 5.94. The van der Waals surface area contributed by atoms with Crippen LogP contribution in [-0.4, -0.2) is 17.0 Å². The van der Waals surface area contributed by atoms with Crippen molar-refractivity contribution in [1.82, 2.24) is 4.40 Å². The molecule has 0 fully saturated rings. The van der Waals surface area contributed by atoms with Crippen LogP contribution >= 0.6 is 0 Å². The van der Waals surface area contributed by atoms with E-state index in [1.807, 2.05) is 34.9 Å². The van der Waals surface area contributed by atoms with Crippen molar-refractivity contribution in [3.05, 3.63) is 41.7 Å². The SMILES string of the molecule is CCCC#Cc1c(C(=O)OCC)cc2ccccn12. The Labute approximate surface area is 113 Å². The molecule has 98 valence electrons. The number of hydrogen-bond donors (Lipinski definition) is 0. The summed E-state index contributed by atoms with van der Waals surface area (Å²) < 4.78 is 7.01. The average molecular weight is 255 g/mol. The first-order valence-electron chi connectivity index (χ1n) is 6.54. The molecule has 0 aliphatic rings. The van der Waals surface area contributed by atoms with Gasteiger partial charge in [-0.25, -0.2) is 4.79 Å². The first kappa shape index (κ1) is 13.2. The van der Waals surface area contributed by atoms with Crippen LogP contribution in [0, 0.1) is 11.8 Å². The maximum absolute atomic E-state index is 12.0. The molecule has 3 heteroatoms. The Morgan fingerprint density at radius 3 is 2.95 bits per heavy atom. The Kier molecular flexibility index (Phi) is 4.25. The topological polar surface area (TPSA) is 30.7 Å². The van der Waals surface area contributed by atoms with Crippen LogP contribution in [0.1, 0.15) is 42.7 Å². The second-order valence-electron chi connectivity index (χ2n) is 4.17. The molecule has 0 spiro atoms. The van der Waals surface area contributed by atoms with Crippen molar-refractivity contribution in [2.75, 3.05) is 6.61 Å². The Balaban J connectivity index is 2.53. The van der Waals surface area contributed by atoms with Crippen molar-refractivity contribution in [2.24, 2.45) is 0 Å². The van der Waals surface area contributed by atoms with Gasteiger partial charge in [0.2, 0.25) is 0 Å². The van der Waals surface area contributed by atoms with Gasteiger partial charge in [-0.2, -0.15) is 0 Å². The molecule has 0 aliphatic heterocycles. The highest BCUT2D eigenvalue weighted by Crippen LogP contribution is 2.17. The third-order valence-corrected chi connectivity index (χ3v) is 2.76. The first-order valence-corrected chi connectivity index (χ1v) is 6.54. The lowest BCUT2D eigenvalue weighted by Crippen LogP contribution is -2.05. The monoisotopic (exact) mass is 255 g/mol. The lowest BCUT2D eigenvalue weighted by molar-refractivity contribution is 0.0526. The molecular formula is C16H17NO2. The van der Waals surface area contributed by atoms with Gasteiger partial charge in [0, 0.05) is 18.1 Å². The van der Waals surface area contributed by atoms with Gasteiger partial charge in [0.1, 0.15) is 5.69 Å². The summed E-state index contributed by atoms with van der Waals surface area (Å²) in [6.07, 6.45) is 3.74. The number of ether oxygens (including phenoxy) is 1. The molecule has 0 radical (unpaired) electrons. The maximum Gasteiger partial charge on any atom is 0.341 e. The average Bonchev–Trinajstić information content (AvgIpc) is 2.79. The quantitative estimate of drug-likeness (QED) is 0.622. The van der Waals surface area contributed by atoms with E-state index in [1.54, 1.807) is 6.92 Å². The zero-order valence-corrected chi connectivity index (χ0v) is 11.3. The normalized spacial score (nSPS) is 10.0. The summed E-state index contributed by atoms with van der Waals surface area (Å²) in [4.78, 5) is 12.0. The number of nitrogens with zero attached hydrogens (tertiary/aromatic N) is 1. The molecule has 0 unspecified atom stereocenters. The summed E-state index contributed by atoms with van der Waals surface area (Å²) in [6, 6.07) is 7.64. The van der Waals surface area contributed by atoms with Gasteiger partial charge in [0.05, 0.1) is 12.2 Å². The summed E-state index contributed by atoms with van der Waals surface area (Å²) >= 11 is 0. The van der Waals surface area contributed by atoms with Crippen LogP contribution in [0.2, 0.25) is 0 Å². The fourth-order valence-corrected chi connectivity index (χ4v) is 1.89. The Morgan fingerprint density at radius 2 is 2.21 bits per heavy atom. The van der Waals surface area contributed by atoms with Gasteiger partial charge in [0.25, 0.3) is 0 Å². The first-order chi connectivity index (χ1) is 9.27. The Bertz CT molecular complexity index is 644. The van der Waals surface area contributed by atoms with Gasteiger partial charge < -0.3 is 9.14 Å². The predicted molar refractivity (Wildman–Crippen MR) is 75.1 cm³/mol. The van der Waals surface area contributed by atoms with Crippen LogP contribution in [0.25, 0.3) is 5.52 Å². The lowest BCUT2D eigenvalue weighted by atomic mass is 10.2. The molecule has 0 bridgehead atoms. The van der Waals surface area contributed by atoms with E-state index >= 15 is 0 Å². The van der Waals surface area contributed by atoms with Gasteiger partial charge in [-0.3, -0.25) is 0 Å². The molecule has 0 N–H and O–H groups in total. The van der Waals surface area contributed by atoms with E-state index in [1.165, 1.54) is 0 Å². The predicted octanol–water partition coefficient (Wildman–Crippen LogP) is 3.27. The molecule has 3 nitrogen and oxygen atoms in total. The molecule has 0 aliphatic carbocycles. The number of unbranched alkanes of at least 4 members (excludes halogenated alkanes) is 1. The van der Waals surface area contributed by atoms with E-state index < -0.39 is 0 Å². The van der Waals surface area contributed by atoms with Crippen LogP contribution in [0.4, 0.5) is 0 Å². The molecule has 0 saturated heterocycles. The largest absolute Gasteiger partial charge is 0.462 e. The van der Waals surface area contributed by atoms with E-state index in [0.29, 0.717) is 17.9 Å². The third kappa shape index (κ3) is 2.79. The molecule has 0 saturated carbocycles. The molecular weight excluding hydrogens is 238 g/mol. The second kappa shape index (κ2) is 6.10. The van der Waals surface area contributed by atoms with Crippen LogP contribution in [-0.2, 0) is 4.74 Å². The van der Waals surface area contributed by atoms with E-state index in [4.69, 9.17) is 4.74 Å². The number of aromatic nitrogens is 1. The molecule has 2 aromatic heterocycles. The number of pyridine rings is 1. The number of hydrogen-bond acceptors (Lipinski definition) is 2. The summed E-state index contributed by atoms with van der Waals surface area (Å²) in [6.45, 7) is 4.25. The number of esters is 1. The summed E-state index contributed by atoms with van der Waals surface area (Å²) in [5.41, 5.74) is 2.20. The minimum absolute atomic E-state index is 0.313. The van der Waals surface area contributed by atoms with Gasteiger partial charge >= 0.3 is 5.97 Å². The minimum Gasteiger partial charge on any atom is -0.462 e. The smallest absolute Gasteiger partial charge is 0.341 e. The van der Waals surface area contributed by atoms with Gasteiger partial charge in [-0.15, -0.1) is 0 Å². The summed E-state index contributed by atoms with van der Waals surface area (Å²) in [5.74, 6) is 5.86. The number of rotatable bonds is 3. The summed E-state index contributed by atoms with van der Waals surface area (Å²) in [7, 11) is 0. The fourth-order valence-electron chi connectivity index (χ4n) is 1.89. The fraction of sp³-hybridized carbons (Fsp3) is 0.312. The van der Waals surface area contributed by atoms with Crippen LogP contribution in [0.3, 0.4) is 0 Å². The molecule has 0 atom stereocenters. The molecule has 19 heavy (non-hydrogen) atoms. The molecule has 2 heterocycles. The van der Waals surface area contributed by atoms with Crippen LogP contribution < -0.4 is 0 Å². The molecule has 0 amide bonds. The zero-order chi connectivity index (χ0) is 13.7. The van der Waals surface area contributed by atoms with Gasteiger partial charge in [-0.05, 0) is 37.5 Å². The number of fused-ring (bicyclic) bond motifs is 1. The Hall–Kier alpha value is -2.21. The third-order valence-electron chi connectivity index (χ3n) is 2.76. The van der Waals surface area contributed by atoms with E-state index in [0.717, 1.165) is 18.4 Å². The zero-order valence-electron chi connectivity index (χ0n) is 11.3. The van der Waals surface area contributed by atoms with Crippen molar-refractivity contribution < 1.29 is 9.53 Å². The molecule has 0 aromatic carbocycles. The van der Waals surface area contributed by atoms with Gasteiger partial charge in [0.15, 0.2) is 0 Å². The van der Waals surface area contributed by atoms with E-state index in [2.05, 4.69) is 18.8 Å². The highest BCUT2D eigenvalue weighted by Gasteiger charge is 2.16. The van der Waals surface area contributed by atoms with Crippen molar-refractivity contribution in [3.8, 4) is 11.8 Å². The van der Waals surface area contributed by atoms with Crippen molar-refractivity contribution in [1.29, 1.82) is 0 Å². The Morgan fingerprint density at radius 1 is 1.37 bits per heavy atom. The molecule has 2 aromatic rings. The van der Waals surface area contributed by atoms with Crippen molar-refractivity contribution in [3.63, 3.8) is 0 Å². The van der Waals surface area contributed by atoms with Crippen molar-refractivity contribution in [2.45, 2.75) is 26.7 Å². The second-order valence-corrected chi connectivity index (χ2v) is 4.17.